The fraction of sp³-hybridized carbons (Fsp3) is 0.857. The number of esters is 2. The Morgan fingerprint density at radius 1 is 0.719 bits per heavy atom. The molecule has 1 atom stereocenters. The second-order valence-corrected chi connectivity index (χ2v) is 9.71. The van der Waals surface area contributed by atoms with Gasteiger partial charge in [-0.2, -0.15) is 0 Å². The quantitative estimate of drug-likeness (QED) is 0.0780. The van der Waals surface area contributed by atoms with Crippen LogP contribution in [0.3, 0.4) is 0 Å². The maximum Gasteiger partial charge on any atom is 0.313 e. The normalized spacial score (nSPS) is 12.5. The highest BCUT2D eigenvalue weighted by Crippen LogP contribution is 2.12. The van der Waals surface area contributed by atoms with Crippen LogP contribution in [0.4, 0.5) is 0 Å². The Balaban J connectivity index is 3.45. The lowest BCUT2D eigenvalue weighted by atomic mass is 10.0. The van der Waals surface area contributed by atoms with Crippen molar-refractivity contribution in [3.63, 3.8) is 0 Å². The summed E-state index contributed by atoms with van der Waals surface area (Å²) in [7, 11) is 0. The van der Waals surface area contributed by atoms with E-state index in [1.807, 2.05) is 0 Å². The van der Waals surface area contributed by atoms with Gasteiger partial charge >= 0.3 is 11.9 Å². The minimum atomic E-state index is -0.369. The molecule has 1 unspecified atom stereocenters. The molecule has 0 spiro atoms. The van der Waals surface area contributed by atoms with Crippen LogP contribution in [0.1, 0.15) is 143 Å². The maximum absolute atomic E-state index is 11.8. The number of carbonyl (C=O) groups excluding carboxylic acids is 2. The van der Waals surface area contributed by atoms with Crippen LogP contribution in [-0.4, -0.2) is 23.1 Å². The third kappa shape index (κ3) is 23.5. The number of aliphatic hydroxyl groups excluding tert-OH is 1. The minimum Gasteiger partial charge on any atom is -0.393 e. The van der Waals surface area contributed by atoms with Crippen molar-refractivity contribution in [3.8, 4) is 0 Å². The summed E-state index contributed by atoms with van der Waals surface area (Å²) in [5.41, 5.74) is 0. The molecule has 32 heavy (non-hydrogen) atoms. The summed E-state index contributed by atoms with van der Waals surface area (Å²) in [5, 5.41) is 9.93. The Bertz CT molecular complexity index is 470. The summed E-state index contributed by atoms with van der Waals surface area (Å²) in [4.78, 5) is 23.5. The van der Waals surface area contributed by atoms with Crippen LogP contribution >= 0.6 is 0 Å². The van der Waals surface area contributed by atoms with Crippen LogP contribution in [0.2, 0.25) is 0 Å². The predicted molar refractivity (Wildman–Crippen MR) is 134 cm³/mol. The first kappa shape index (κ1) is 30.8. The third-order valence-corrected chi connectivity index (χ3v) is 5.86. The molecule has 0 aromatic rings. The maximum atomic E-state index is 11.8. The number of hydrogen-bond donors (Lipinski definition) is 1. The van der Waals surface area contributed by atoms with E-state index in [0.29, 0.717) is 12.8 Å². The first-order valence-corrected chi connectivity index (χ1v) is 13.5. The molecule has 4 nitrogen and oxygen atoms in total. The Labute approximate surface area is 198 Å². The van der Waals surface area contributed by atoms with Gasteiger partial charge in [0, 0.05) is 12.8 Å². The lowest BCUT2D eigenvalue weighted by Gasteiger charge is -2.07. The van der Waals surface area contributed by atoms with E-state index < -0.39 is 0 Å². The number of unbranched alkanes of at least 4 members (excludes halogenated alkanes) is 11. The first-order chi connectivity index (χ1) is 15.5. The van der Waals surface area contributed by atoms with E-state index >= 15 is 0 Å². The van der Waals surface area contributed by atoms with Gasteiger partial charge < -0.3 is 9.84 Å². The van der Waals surface area contributed by atoms with Crippen molar-refractivity contribution >= 4 is 11.9 Å². The van der Waals surface area contributed by atoms with Crippen LogP contribution in [0.5, 0.6) is 0 Å². The average molecular weight is 453 g/mol. The summed E-state index contributed by atoms with van der Waals surface area (Å²) >= 11 is 0. The summed E-state index contributed by atoms with van der Waals surface area (Å²) in [6.07, 6.45) is 23.0. The van der Waals surface area contributed by atoms with Crippen molar-refractivity contribution in [1.29, 1.82) is 0 Å². The Morgan fingerprint density at radius 3 is 1.88 bits per heavy atom. The Hall–Kier alpha value is -1.16. The smallest absolute Gasteiger partial charge is 0.313 e. The van der Waals surface area contributed by atoms with Gasteiger partial charge in [-0.25, -0.2) is 0 Å². The van der Waals surface area contributed by atoms with Crippen molar-refractivity contribution in [3.05, 3.63) is 12.2 Å². The number of ether oxygens (including phenoxy) is 1. The van der Waals surface area contributed by atoms with Gasteiger partial charge in [-0.1, -0.05) is 104 Å². The van der Waals surface area contributed by atoms with Crippen molar-refractivity contribution in [1.82, 2.24) is 0 Å². The molecule has 0 fully saturated rings. The van der Waals surface area contributed by atoms with Crippen LogP contribution in [0, 0.1) is 5.92 Å². The van der Waals surface area contributed by atoms with Crippen LogP contribution in [-0.2, 0) is 14.3 Å². The fourth-order valence-corrected chi connectivity index (χ4v) is 3.76. The largest absolute Gasteiger partial charge is 0.393 e. The number of rotatable bonds is 22. The van der Waals surface area contributed by atoms with Gasteiger partial charge in [0.25, 0.3) is 0 Å². The number of allylic oxidation sites excluding steroid dienone is 1. The molecule has 0 aliphatic carbocycles. The molecule has 0 rings (SSSR count). The van der Waals surface area contributed by atoms with Gasteiger partial charge in [0.2, 0.25) is 0 Å². The molecule has 188 valence electrons. The molecule has 1 N–H and O–H groups in total. The van der Waals surface area contributed by atoms with Crippen molar-refractivity contribution < 1.29 is 19.4 Å². The zero-order chi connectivity index (χ0) is 23.9. The van der Waals surface area contributed by atoms with Gasteiger partial charge in [-0.3, -0.25) is 9.59 Å². The number of hydrogen-bond acceptors (Lipinski definition) is 4. The van der Waals surface area contributed by atoms with Crippen LogP contribution in [0.25, 0.3) is 0 Å². The fourth-order valence-electron chi connectivity index (χ4n) is 3.76. The van der Waals surface area contributed by atoms with Crippen molar-refractivity contribution in [2.45, 2.75) is 149 Å². The molecule has 0 aromatic carbocycles. The van der Waals surface area contributed by atoms with E-state index in [9.17, 15) is 14.7 Å². The lowest BCUT2D eigenvalue weighted by molar-refractivity contribution is -0.159. The molecule has 4 heteroatoms. The van der Waals surface area contributed by atoms with Gasteiger partial charge in [0.05, 0.1) is 6.10 Å². The van der Waals surface area contributed by atoms with Gasteiger partial charge in [0.15, 0.2) is 0 Å². The topological polar surface area (TPSA) is 63.6 Å². The van der Waals surface area contributed by atoms with E-state index in [0.717, 1.165) is 83.0 Å². The highest BCUT2D eigenvalue weighted by molar-refractivity contribution is 5.85. The van der Waals surface area contributed by atoms with Crippen molar-refractivity contribution in [2.75, 3.05) is 0 Å². The van der Waals surface area contributed by atoms with Gasteiger partial charge in [-0.15, -0.1) is 0 Å². The van der Waals surface area contributed by atoms with E-state index in [1.165, 1.54) is 32.1 Å². The Morgan fingerprint density at radius 2 is 1.25 bits per heavy atom. The second-order valence-electron chi connectivity index (χ2n) is 9.71. The highest BCUT2D eigenvalue weighted by atomic mass is 16.6. The lowest BCUT2D eigenvalue weighted by Crippen LogP contribution is -2.11. The molecular formula is C28H52O4. The molecule has 0 aliphatic heterocycles. The van der Waals surface area contributed by atoms with E-state index in [2.05, 4.69) is 32.9 Å². The zero-order valence-corrected chi connectivity index (χ0v) is 21.4. The summed E-state index contributed by atoms with van der Waals surface area (Å²) in [6.45, 7) is 6.66. The number of carbonyl (C=O) groups is 2. The molecular weight excluding hydrogens is 400 g/mol. The monoisotopic (exact) mass is 452 g/mol. The first-order valence-electron chi connectivity index (χ1n) is 13.5. The molecule has 0 heterocycles. The zero-order valence-electron chi connectivity index (χ0n) is 21.4. The summed E-state index contributed by atoms with van der Waals surface area (Å²) in [6, 6.07) is 0. The average Bonchev–Trinajstić information content (AvgIpc) is 2.74. The molecule has 0 saturated heterocycles. The molecule has 0 aliphatic rings. The van der Waals surface area contributed by atoms with E-state index in [1.54, 1.807) is 0 Å². The molecule has 0 aromatic heterocycles. The van der Waals surface area contributed by atoms with Gasteiger partial charge in [0.1, 0.15) is 0 Å². The van der Waals surface area contributed by atoms with E-state index in [-0.39, 0.29) is 18.0 Å². The Kier molecular flexibility index (Phi) is 22.2. The van der Waals surface area contributed by atoms with Crippen LogP contribution in [0.15, 0.2) is 12.2 Å². The standard InChI is InChI=1S/C28H52O4/c1-4-5-6-16-21-26(29)22-17-11-9-7-8-10-12-18-23-27(30)32-28(31)24-19-14-13-15-20-25(2)3/h11,17,25-26,29H,4-10,12-16,18-24H2,1-3H3/b17-11-. The molecule has 0 bridgehead atoms. The SMILES string of the molecule is CCCCCCC(O)C/C=C\CCCCCCCC(=O)OC(=O)CCCCCCC(C)C. The number of aliphatic hydroxyl groups is 1. The minimum absolute atomic E-state index is 0.190. The van der Waals surface area contributed by atoms with Crippen LogP contribution < -0.4 is 0 Å². The predicted octanol–water partition coefficient (Wildman–Crippen LogP) is 8.06. The highest BCUT2D eigenvalue weighted by Gasteiger charge is 2.10. The molecule has 0 radical (unpaired) electrons. The molecule has 0 amide bonds. The molecule has 0 saturated carbocycles. The van der Waals surface area contributed by atoms with E-state index in [4.69, 9.17) is 4.74 Å². The van der Waals surface area contributed by atoms with Gasteiger partial charge in [-0.05, 0) is 44.4 Å². The third-order valence-electron chi connectivity index (χ3n) is 5.86. The van der Waals surface area contributed by atoms with Crippen molar-refractivity contribution in [2.24, 2.45) is 5.92 Å². The second kappa shape index (κ2) is 23.0. The summed E-state index contributed by atoms with van der Waals surface area (Å²) in [5.74, 6) is 0.00634. The summed E-state index contributed by atoms with van der Waals surface area (Å²) < 4.78 is 4.92.